The van der Waals surface area contributed by atoms with Crippen LogP contribution in [0, 0.1) is 3.57 Å². The molecule has 1 aromatic heterocycles. The monoisotopic (exact) mass is 548 g/mol. The average molecular weight is 549 g/mol. The highest BCUT2D eigenvalue weighted by Gasteiger charge is 2.28. The highest BCUT2D eigenvalue weighted by atomic mass is 127. The van der Waals surface area contributed by atoms with Crippen LogP contribution < -0.4 is 0 Å². The molecule has 0 aliphatic heterocycles. The Bertz CT molecular complexity index is 849. The van der Waals surface area contributed by atoms with Crippen LogP contribution in [0.5, 0.6) is 0 Å². The first-order chi connectivity index (χ1) is 14.2. The molecule has 7 nitrogen and oxygen atoms in total. The van der Waals surface area contributed by atoms with Gasteiger partial charge in [0.05, 0.1) is 16.6 Å². The van der Waals surface area contributed by atoms with Crippen molar-refractivity contribution in [2.24, 2.45) is 5.16 Å². The molecule has 0 saturated carbocycles. The Labute approximate surface area is 194 Å². The molecule has 1 N–H and O–H groups in total. The SMILES string of the molecule is CC(C)(C)OC(=O)C[C@H](CCCOCc1ccccc1)c1onc(/C(Cl)=N/O)c1I. The van der Waals surface area contributed by atoms with Crippen molar-refractivity contribution in [2.45, 2.75) is 58.2 Å². The predicted molar refractivity (Wildman–Crippen MR) is 122 cm³/mol. The standard InChI is InChI=1S/C21H26ClIN2O5/c1-21(2,3)29-16(26)12-15(19-17(23)18(25-30-19)20(22)24-27)10-7-11-28-13-14-8-5-4-6-9-14/h4-6,8-9,15,27H,7,10-13H2,1-3H3/b24-20-/t15-/m0/s1. The molecule has 0 radical (unpaired) electrons. The summed E-state index contributed by atoms with van der Waals surface area (Å²) in [6.07, 6.45) is 1.48. The maximum Gasteiger partial charge on any atom is 0.307 e. The van der Waals surface area contributed by atoms with Gasteiger partial charge in [0.1, 0.15) is 5.60 Å². The molecule has 0 fully saturated rings. The number of carbonyl (C=O) groups is 1. The van der Waals surface area contributed by atoms with Crippen LogP contribution in [0.3, 0.4) is 0 Å². The minimum atomic E-state index is -0.576. The molecule has 164 valence electrons. The normalized spacial score (nSPS) is 13.3. The molecule has 2 aromatic rings. The fourth-order valence-electron chi connectivity index (χ4n) is 2.83. The van der Waals surface area contributed by atoms with Crippen molar-refractivity contribution in [2.75, 3.05) is 6.61 Å². The summed E-state index contributed by atoms with van der Waals surface area (Å²) < 4.78 is 17.3. The van der Waals surface area contributed by atoms with Gasteiger partial charge in [-0.05, 0) is 61.8 Å². The Kier molecular flexibility index (Phi) is 9.57. The molecule has 1 heterocycles. The largest absolute Gasteiger partial charge is 0.460 e. The average Bonchev–Trinajstić information content (AvgIpc) is 3.07. The van der Waals surface area contributed by atoms with Crippen molar-refractivity contribution in [3.05, 3.63) is 50.9 Å². The van der Waals surface area contributed by atoms with Crippen molar-refractivity contribution < 1.29 is 24.0 Å². The molecule has 0 amide bonds. The van der Waals surface area contributed by atoms with E-state index in [-0.39, 0.29) is 29.2 Å². The smallest absolute Gasteiger partial charge is 0.307 e. The first kappa shape index (κ1) is 24.6. The molecule has 0 aliphatic rings. The van der Waals surface area contributed by atoms with E-state index in [9.17, 15) is 4.79 Å². The summed E-state index contributed by atoms with van der Waals surface area (Å²) in [6.45, 7) is 6.54. The summed E-state index contributed by atoms with van der Waals surface area (Å²) in [5, 5.41) is 15.6. The van der Waals surface area contributed by atoms with Gasteiger partial charge in [-0.3, -0.25) is 4.79 Å². The van der Waals surface area contributed by atoms with E-state index in [1.165, 1.54) is 0 Å². The van der Waals surface area contributed by atoms with Crippen molar-refractivity contribution in [1.29, 1.82) is 0 Å². The van der Waals surface area contributed by atoms with Gasteiger partial charge < -0.3 is 19.2 Å². The molecule has 9 heteroatoms. The predicted octanol–water partition coefficient (Wildman–Crippen LogP) is 5.47. The fourth-order valence-corrected chi connectivity index (χ4v) is 4.01. The number of aromatic nitrogens is 1. The summed E-state index contributed by atoms with van der Waals surface area (Å²) in [7, 11) is 0. The van der Waals surface area contributed by atoms with Gasteiger partial charge in [-0.25, -0.2) is 0 Å². The van der Waals surface area contributed by atoms with Gasteiger partial charge in [-0.1, -0.05) is 52.2 Å². The Morgan fingerprint density at radius 1 is 1.33 bits per heavy atom. The summed E-state index contributed by atoms with van der Waals surface area (Å²) >= 11 is 7.90. The first-order valence-electron chi connectivity index (χ1n) is 9.57. The van der Waals surface area contributed by atoms with E-state index in [4.69, 9.17) is 30.8 Å². The number of nitrogens with zero attached hydrogens (tertiary/aromatic N) is 2. The molecule has 0 spiro atoms. The quantitative estimate of drug-likeness (QED) is 0.106. The van der Waals surface area contributed by atoms with Gasteiger partial charge >= 0.3 is 5.97 Å². The lowest BCUT2D eigenvalue weighted by Crippen LogP contribution is -2.25. The number of hydrogen-bond acceptors (Lipinski definition) is 7. The molecule has 0 aliphatic carbocycles. The Balaban J connectivity index is 2.02. The highest BCUT2D eigenvalue weighted by Crippen LogP contribution is 2.32. The number of benzene rings is 1. The second kappa shape index (κ2) is 11.7. The Hall–Kier alpha value is -1.65. The molecular weight excluding hydrogens is 523 g/mol. The van der Waals surface area contributed by atoms with E-state index in [2.05, 4.69) is 10.3 Å². The molecular formula is C21H26ClIN2O5. The zero-order chi connectivity index (χ0) is 22.1. The number of halogens is 2. The topological polar surface area (TPSA) is 94.2 Å². The molecule has 1 atom stereocenters. The summed E-state index contributed by atoms with van der Waals surface area (Å²) in [4.78, 5) is 12.4. The van der Waals surface area contributed by atoms with Crippen molar-refractivity contribution >= 4 is 45.3 Å². The number of rotatable bonds is 10. The van der Waals surface area contributed by atoms with E-state index in [0.717, 1.165) is 5.56 Å². The van der Waals surface area contributed by atoms with E-state index < -0.39 is 5.60 Å². The van der Waals surface area contributed by atoms with Crippen LogP contribution in [-0.4, -0.2) is 33.7 Å². The van der Waals surface area contributed by atoms with Gasteiger partial charge in [0, 0.05) is 12.5 Å². The highest BCUT2D eigenvalue weighted by molar-refractivity contribution is 14.1. The number of carbonyl (C=O) groups excluding carboxylic acids is 1. The third kappa shape index (κ3) is 7.88. The second-order valence-corrected chi connectivity index (χ2v) is 9.20. The summed E-state index contributed by atoms with van der Waals surface area (Å²) in [5.41, 5.74) is 0.770. The lowest BCUT2D eigenvalue weighted by Gasteiger charge is -2.21. The maximum atomic E-state index is 12.4. The number of oxime groups is 1. The van der Waals surface area contributed by atoms with E-state index in [1.54, 1.807) is 0 Å². The van der Waals surface area contributed by atoms with E-state index >= 15 is 0 Å². The van der Waals surface area contributed by atoms with Crippen LogP contribution in [0.15, 0.2) is 40.0 Å². The Morgan fingerprint density at radius 2 is 2.03 bits per heavy atom. The van der Waals surface area contributed by atoms with Gasteiger partial charge in [0.25, 0.3) is 0 Å². The molecule has 30 heavy (non-hydrogen) atoms. The number of esters is 1. The van der Waals surface area contributed by atoms with Crippen LogP contribution in [0.4, 0.5) is 0 Å². The number of hydrogen-bond donors (Lipinski definition) is 1. The van der Waals surface area contributed by atoms with Gasteiger partial charge in [-0.2, -0.15) is 0 Å². The molecule has 0 saturated heterocycles. The first-order valence-corrected chi connectivity index (χ1v) is 11.0. The van der Waals surface area contributed by atoms with Crippen molar-refractivity contribution in [1.82, 2.24) is 5.16 Å². The van der Waals surface area contributed by atoms with Crippen LogP contribution in [0.1, 0.15) is 63.0 Å². The molecule has 0 bridgehead atoms. The van der Waals surface area contributed by atoms with Crippen LogP contribution >= 0.6 is 34.2 Å². The minimum absolute atomic E-state index is 0.133. The third-order valence-corrected chi connectivity index (χ3v) is 5.40. The summed E-state index contributed by atoms with van der Waals surface area (Å²) in [6, 6.07) is 9.93. The second-order valence-electron chi connectivity index (χ2n) is 7.77. The van der Waals surface area contributed by atoms with E-state index in [1.807, 2.05) is 73.7 Å². The van der Waals surface area contributed by atoms with Crippen molar-refractivity contribution in [3.8, 4) is 0 Å². The van der Waals surface area contributed by atoms with Crippen LogP contribution in [0.25, 0.3) is 0 Å². The lowest BCUT2D eigenvalue weighted by molar-refractivity contribution is -0.155. The molecule has 2 rings (SSSR count). The molecule has 0 unspecified atom stereocenters. The van der Waals surface area contributed by atoms with Gasteiger partial charge in [0.15, 0.2) is 16.6 Å². The lowest BCUT2D eigenvalue weighted by atomic mass is 9.96. The summed E-state index contributed by atoms with van der Waals surface area (Å²) in [5.74, 6) is -0.0776. The zero-order valence-electron chi connectivity index (χ0n) is 17.2. The zero-order valence-corrected chi connectivity index (χ0v) is 20.1. The maximum absolute atomic E-state index is 12.4. The minimum Gasteiger partial charge on any atom is -0.460 e. The van der Waals surface area contributed by atoms with Gasteiger partial charge in [0.2, 0.25) is 0 Å². The Morgan fingerprint density at radius 3 is 2.67 bits per heavy atom. The van der Waals surface area contributed by atoms with Crippen LogP contribution in [-0.2, 0) is 20.9 Å². The number of ether oxygens (including phenoxy) is 2. The third-order valence-electron chi connectivity index (χ3n) is 4.10. The molecule has 1 aromatic carbocycles. The van der Waals surface area contributed by atoms with Crippen molar-refractivity contribution in [3.63, 3.8) is 0 Å². The van der Waals surface area contributed by atoms with Gasteiger partial charge in [-0.15, -0.1) is 0 Å². The fraction of sp³-hybridized carbons (Fsp3) is 0.476. The van der Waals surface area contributed by atoms with Crippen LogP contribution in [0.2, 0.25) is 0 Å². The van der Waals surface area contributed by atoms with E-state index in [0.29, 0.717) is 35.4 Å².